The molecule has 2 aliphatic heterocycles. The standard InChI is InChI=1S/C70H92N6O6/c1-3-61(54-32-33-54)66(78)72-65(55-24-14-7-15-25-55)70(82)76-43-17-27-60(76)48-74(45-41-50-20-10-5-11-21-50)68(80)58-38-30-52(31-39-58)51-28-36-57(37-29-51)67(79)73(44-40-49-18-8-4-9-19-49)47-59-26-16-42-75(59)69(81)62(53-22-12-6-13-23-53)46-63(77)64(71-2)56-34-35-56/h4-5,8-11,18-21,28-31,36-39,53-56,59-62,64-65,71H,3,6-7,12-17,22-27,32-35,40-48H2,1-2H3,(H,72,78)/t59-,60-,61-,62-,64-,65-/m0/s1. The summed E-state index contributed by atoms with van der Waals surface area (Å²) in [5.74, 6) is 0.920. The van der Waals surface area contributed by atoms with Crippen LogP contribution in [0.25, 0.3) is 11.1 Å². The van der Waals surface area contributed by atoms with Gasteiger partial charge in [0.15, 0.2) is 5.78 Å². The Morgan fingerprint density at radius 1 is 0.488 bits per heavy atom. The van der Waals surface area contributed by atoms with E-state index in [1.165, 1.54) is 6.42 Å². The minimum Gasteiger partial charge on any atom is -0.344 e. The highest BCUT2D eigenvalue weighted by atomic mass is 16.2. The van der Waals surface area contributed by atoms with Crippen molar-refractivity contribution in [3.8, 4) is 11.1 Å². The predicted octanol–water partition coefficient (Wildman–Crippen LogP) is 11.4. The number of Topliss-reactive ketones (excluding diaryl/α,β-unsaturated/α-hetero) is 1. The van der Waals surface area contributed by atoms with Crippen LogP contribution in [0, 0.1) is 35.5 Å². The molecule has 12 heteroatoms. The molecule has 2 saturated heterocycles. The van der Waals surface area contributed by atoms with Crippen LogP contribution in [0.4, 0.5) is 0 Å². The van der Waals surface area contributed by atoms with Gasteiger partial charge in [0.2, 0.25) is 17.7 Å². The number of likely N-dealkylation sites (N-methyl/N-ethyl adjacent to an activating group) is 1. The molecule has 0 radical (unpaired) electrons. The van der Waals surface area contributed by atoms with E-state index < -0.39 is 6.04 Å². The minimum atomic E-state index is -0.537. The van der Waals surface area contributed by atoms with Crippen molar-refractivity contribution in [2.45, 2.75) is 172 Å². The van der Waals surface area contributed by atoms with E-state index >= 15 is 0 Å². The van der Waals surface area contributed by atoms with Crippen LogP contribution in [-0.4, -0.2) is 125 Å². The second-order valence-electron chi connectivity index (χ2n) is 25.3. The van der Waals surface area contributed by atoms with E-state index in [9.17, 15) is 28.8 Å². The van der Waals surface area contributed by atoms with Gasteiger partial charge in [-0.25, -0.2) is 0 Å². The molecule has 2 heterocycles. The number of hydrogen-bond donors (Lipinski definition) is 2. The zero-order chi connectivity index (χ0) is 57.0. The molecule has 4 aromatic rings. The average Bonchev–Trinajstić information content (AvgIpc) is 4.57. The second kappa shape index (κ2) is 28.4. The highest BCUT2D eigenvalue weighted by molar-refractivity contribution is 5.96. The Balaban J connectivity index is 0.827. The maximum Gasteiger partial charge on any atom is 0.253 e. The number of carbonyl (C=O) groups is 6. The van der Waals surface area contributed by atoms with Crippen molar-refractivity contribution in [1.29, 1.82) is 0 Å². The number of ketones is 1. The first kappa shape index (κ1) is 59.0. The Morgan fingerprint density at radius 3 is 1.38 bits per heavy atom. The van der Waals surface area contributed by atoms with Crippen molar-refractivity contribution < 1.29 is 28.8 Å². The zero-order valence-corrected chi connectivity index (χ0v) is 49.2. The van der Waals surface area contributed by atoms with E-state index in [1.54, 1.807) is 0 Å². The van der Waals surface area contributed by atoms with Crippen molar-refractivity contribution in [1.82, 2.24) is 30.2 Å². The van der Waals surface area contributed by atoms with Crippen LogP contribution < -0.4 is 10.6 Å². The number of likely N-dealkylation sites (tertiary alicyclic amines) is 2. The molecular formula is C70H92N6O6. The van der Waals surface area contributed by atoms with Crippen LogP contribution in [0.2, 0.25) is 0 Å². The fourth-order valence-electron chi connectivity index (χ4n) is 14.6. The number of amides is 5. The van der Waals surface area contributed by atoms with E-state index in [2.05, 4.69) is 41.8 Å². The van der Waals surface area contributed by atoms with Crippen LogP contribution in [0.3, 0.4) is 0 Å². The van der Waals surface area contributed by atoms with Crippen LogP contribution in [0.15, 0.2) is 109 Å². The first-order valence-corrected chi connectivity index (χ1v) is 32.0. The lowest BCUT2D eigenvalue weighted by atomic mass is 9.76. The molecule has 0 aromatic heterocycles. The number of rotatable bonds is 26. The molecular weight excluding hydrogens is 1020 g/mol. The van der Waals surface area contributed by atoms with Gasteiger partial charge in [-0.1, -0.05) is 130 Å². The van der Waals surface area contributed by atoms with Gasteiger partial charge in [0, 0.05) is 80.7 Å². The summed E-state index contributed by atoms with van der Waals surface area (Å²) in [6.07, 6.45) is 20.6. The molecule has 5 amide bonds. The molecule has 12 nitrogen and oxygen atoms in total. The summed E-state index contributed by atoms with van der Waals surface area (Å²) in [4.78, 5) is 94.9. The van der Waals surface area contributed by atoms with Gasteiger partial charge in [0.25, 0.3) is 11.8 Å². The maximum absolute atomic E-state index is 14.9. The third-order valence-corrected chi connectivity index (χ3v) is 19.7. The van der Waals surface area contributed by atoms with Gasteiger partial charge >= 0.3 is 0 Å². The highest BCUT2D eigenvalue weighted by Crippen LogP contribution is 2.40. The molecule has 6 aliphatic rings. The Bertz CT molecular complexity index is 2560. The third-order valence-electron chi connectivity index (χ3n) is 19.7. The molecule has 6 atom stereocenters. The first-order valence-electron chi connectivity index (χ1n) is 32.0. The number of hydrogen-bond acceptors (Lipinski definition) is 7. The van der Waals surface area contributed by atoms with Crippen molar-refractivity contribution in [2.24, 2.45) is 35.5 Å². The summed E-state index contributed by atoms with van der Waals surface area (Å²) in [5, 5.41) is 6.62. The van der Waals surface area contributed by atoms with Crippen molar-refractivity contribution in [3.05, 3.63) is 131 Å². The molecule has 2 N–H and O–H groups in total. The molecule has 4 aliphatic carbocycles. The van der Waals surface area contributed by atoms with Gasteiger partial charge in [-0.2, -0.15) is 0 Å². The molecule has 0 spiro atoms. The van der Waals surface area contributed by atoms with E-state index in [-0.39, 0.29) is 83.5 Å². The van der Waals surface area contributed by atoms with E-state index in [1.807, 2.05) is 112 Å². The number of nitrogens with one attached hydrogen (secondary N) is 2. The summed E-state index contributed by atoms with van der Waals surface area (Å²) < 4.78 is 0. The van der Waals surface area contributed by atoms with Gasteiger partial charge in [0.1, 0.15) is 6.04 Å². The van der Waals surface area contributed by atoms with Crippen LogP contribution in [0.1, 0.15) is 167 Å². The van der Waals surface area contributed by atoms with Gasteiger partial charge < -0.3 is 30.2 Å². The van der Waals surface area contributed by atoms with Gasteiger partial charge in [-0.15, -0.1) is 0 Å². The molecule has 82 heavy (non-hydrogen) atoms. The molecule has 6 fully saturated rings. The Morgan fingerprint density at radius 2 is 0.927 bits per heavy atom. The lowest BCUT2D eigenvalue weighted by molar-refractivity contribution is -0.142. The second-order valence-corrected chi connectivity index (χ2v) is 25.3. The summed E-state index contributed by atoms with van der Waals surface area (Å²) in [7, 11) is 1.87. The summed E-state index contributed by atoms with van der Waals surface area (Å²) in [6, 6.07) is 35.0. The minimum absolute atomic E-state index is 0.0170. The predicted molar refractivity (Wildman–Crippen MR) is 324 cm³/mol. The Hall–Kier alpha value is -6.14. The molecule has 4 saturated carbocycles. The summed E-state index contributed by atoms with van der Waals surface area (Å²) in [6.45, 7) is 5.20. The SMILES string of the molecule is CC[C@H](C(=O)N[C@H](C(=O)N1CCC[C@H]1CN(CCc1ccccc1)C(=O)c1ccc(-c2ccc(C(=O)N(CCc3ccccc3)C[C@@H]3CCCN3C(=O)[C@@H](CC(=O)[C@@H](NC)C3CC3)C3CCCCC3)cc2)cc1)C1CCCCC1)C1CC1. The fourth-order valence-corrected chi connectivity index (χ4v) is 14.6. The Labute approximate surface area is 488 Å². The molecule has 4 aromatic carbocycles. The normalized spacial score (nSPS) is 21.1. The van der Waals surface area contributed by atoms with Crippen LogP contribution in [0.5, 0.6) is 0 Å². The summed E-state index contributed by atoms with van der Waals surface area (Å²) >= 11 is 0. The molecule has 438 valence electrons. The first-order chi connectivity index (χ1) is 40.1. The van der Waals surface area contributed by atoms with Crippen molar-refractivity contribution in [2.75, 3.05) is 46.3 Å². The van der Waals surface area contributed by atoms with Gasteiger partial charge in [0.05, 0.1) is 6.04 Å². The quantitative estimate of drug-likeness (QED) is 0.0638. The largest absolute Gasteiger partial charge is 0.344 e. The summed E-state index contributed by atoms with van der Waals surface area (Å²) in [5.41, 5.74) is 5.28. The third kappa shape index (κ3) is 15.0. The zero-order valence-electron chi connectivity index (χ0n) is 49.2. The van der Waals surface area contributed by atoms with E-state index in [0.717, 1.165) is 138 Å². The monoisotopic (exact) mass is 1110 g/mol. The molecule has 0 bridgehead atoms. The molecule has 10 rings (SSSR count). The Kier molecular flexibility index (Phi) is 20.5. The smallest absolute Gasteiger partial charge is 0.253 e. The lowest BCUT2D eigenvalue weighted by Gasteiger charge is -2.37. The van der Waals surface area contributed by atoms with E-state index in [0.29, 0.717) is 75.1 Å². The van der Waals surface area contributed by atoms with Crippen molar-refractivity contribution >= 4 is 35.3 Å². The van der Waals surface area contributed by atoms with Gasteiger partial charge in [-0.05, 0) is 174 Å². The van der Waals surface area contributed by atoms with Gasteiger partial charge in [-0.3, -0.25) is 28.8 Å². The molecule has 0 unspecified atom stereocenters. The topological polar surface area (TPSA) is 139 Å². The van der Waals surface area contributed by atoms with Crippen LogP contribution in [-0.2, 0) is 32.0 Å². The fraction of sp³-hybridized carbons (Fsp3) is 0.571. The average molecular weight is 1110 g/mol. The number of benzene rings is 4. The number of carbonyl (C=O) groups excluding carboxylic acids is 6. The van der Waals surface area contributed by atoms with Crippen LogP contribution >= 0.6 is 0 Å². The highest BCUT2D eigenvalue weighted by Gasteiger charge is 2.44. The lowest BCUT2D eigenvalue weighted by Crippen LogP contribution is -2.56. The van der Waals surface area contributed by atoms with E-state index in [4.69, 9.17) is 0 Å². The number of nitrogens with zero attached hydrogens (tertiary/aromatic N) is 4. The maximum atomic E-state index is 14.9. The van der Waals surface area contributed by atoms with Crippen molar-refractivity contribution in [3.63, 3.8) is 0 Å².